The van der Waals surface area contributed by atoms with Crippen LogP contribution in [0, 0.1) is 5.92 Å². The number of piperidine rings is 1. The molecule has 0 radical (unpaired) electrons. The number of ether oxygens (including phenoxy) is 2. The van der Waals surface area contributed by atoms with Crippen LogP contribution in [0.25, 0.3) is 0 Å². The van der Waals surface area contributed by atoms with Crippen LogP contribution in [0.15, 0.2) is 0 Å². The highest BCUT2D eigenvalue weighted by molar-refractivity contribution is 5.82. The monoisotopic (exact) mass is 283 g/mol. The smallest absolute Gasteiger partial charge is 0.141 e. The second kappa shape index (κ2) is 6.12. The zero-order valence-corrected chi connectivity index (χ0v) is 13.3. The van der Waals surface area contributed by atoms with Crippen LogP contribution < -0.4 is 5.32 Å². The van der Waals surface area contributed by atoms with E-state index in [9.17, 15) is 4.79 Å². The standard InChI is InChI=1S/C16H29NO3/c1-15(2)11-13(16(3,4)20-15)14(18)7-10-19-12-5-8-17-9-6-12/h12-13,17H,5-11H2,1-4H3. The largest absolute Gasteiger partial charge is 0.378 e. The molecule has 4 nitrogen and oxygen atoms in total. The number of hydrogen-bond acceptors (Lipinski definition) is 4. The SMILES string of the molecule is CC1(C)CC(C(=O)CCOC2CCNCC2)C(C)(C)O1. The Morgan fingerprint density at radius 2 is 1.90 bits per heavy atom. The van der Waals surface area contributed by atoms with E-state index in [4.69, 9.17) is 9.47 Å². The van der Waals surface area contributed by atoms with E-state index in [1.165, 1.54) is 0 Å². The van der Waals surface area contributed by atoms with Gasteiger partial charge in [0.05, 0.1) is 23.9 Å². The Morgan fingerprint density at radius 3 is 2.45 bits per heavy atom. The highest BCUT2D eigenvalue weighted by atomic mass is 16.5. The van der Waals surface area contributed by atoms with Crippen molar-refractivity contribution in [3.8, 4) is 0 Å². The summed E-state index contributed by atoms with van der Waals surface area (Å²) < 4.78 is 11.8. The number of carbonyl (C=O) groups is 1. The van der Waals surface area contributed by atoms with Gasteiger partial charge in [-0.2, -0.15) is 0 Å². The Morgan fingerprint density at radius 1 is 1.25 bits per heavy atom. The quantitative estimate of drug-likeness (QED) is 0.841. The summed E-state index contributed by atoms with van der Waals surface area (Å²) in [5.74, 6) is 0.281. The number of rotatable bonds is 5. The third-order valence-electron chi connectivity index (χ3n) is 4.45. The van der Waals surface area contributed by atoms with E-state index in [-0.39, 0.29) is 22.9 Å². The van der Waals surface area contributed by atoms with Gasteiger partial charge in [-0.1, -0.05) is 0 Å². The summed E-state index contributed by atoms with van der Waals surface area (Å²) in [6.45, 7) is 10.8. The fraction of sp³-hybridized carbons (Fsp3) is 0.938. The van der Waals surface area contributed by atoms with E-state index in [0.29, 0.717) is 19.1 Å². The van der Waals surface area contributed by atoms with E-state index >= 15 is 0 Å². The van der Waals surface area contributed by atoms with Gasteiger partial charge in [-0.3, -0.25) is 4.79 Å². The highest BCUT2D eigenvalue weighted by Gasteiger charge is 2.48. The fourth-order valence-corrected chi connectivity index (χ4v) is 3.53. The maximum Gasteiger partial charge on any atom is 0.141 e. The van der Waals surface area contributed by atoms with Crippen molar-refractivity contribution < 1.29 is 14.3 Å². The molecule has 2 fully saturated rings. The lowest BCUT2D eigenvalue weighted by Crippen LogP contribution is -2.35. The summed E-state index contributed by atoms with van der Waals surface area (Å²) in [6, 6.07) is 0. The summed E-state index contributed by atoms with van der Waals surface area (Å²) >= 11 is 0. The van der Waals surface area contributed by atoms with Gasteiger partial charge in [0.25, 0.3) is 0 Å². The molecule has 4 heteroatoms. The van der Waals surface area contributed by atoms with Gasteiger partial charge in [0.2, 0.25) is 0 Å². The van der Waals surface area contributed by atoms with Gasteiger partial charge in [-0.25, -0.2) is 0 Å². The van der Waals surface area contributed by atoms with E-state index in [1.54, 1.807) is 0 Å². The van der Waals surface area contributed by atoms with Gasteiger partial charge in [0.1, 0.15) is 5.78 Å². The van der Waals surface area contributed by atoms with Crippen molar-refractivity contribution in [2.75, 3.05) is 19.7 Å². The van der Waals surface area contributed by atoms with Crippen LogP contribution in [0.1, 0.15) is 53.4 Å². The van der Waals surface area contributed by atoms with Gasteiger partial charge < -0.3 is 14.8 Å². The molecule has 2 heterocycles. The number of Topliss-reactive ketones (excluding diaryl/α,β-unsaturated/α-hetero) is 1. The molecule has 2 saturated heterocycles. The van der Waals surface area contributed by atoms with E-state index in [0.717, 1.165) is 32.4 Å². The Hall–Kier alpha value is -0.450. The molecule has 0 amide bonds. The molecule has 1 N–H and O–H groups in total. The van der Waals surface area contributed by atoms with Gasteiger partial charge in [-0.15, -0.1) is 0 Å². The lowest BCUT2D eigenvalue weighted by Gasteiger charge is -2.27. The van der Waals surface area contributed by atoms with Gasteiger partial charge in [0.15, 0.2) is 0 Å². The summed E-state index contributed by atoms with van der Waals surface area (Å²) in [5.41, 5.74) is -0.547. The molecule has 1 atom stereocenters. The van der Waals surface area contributed by atoms with Crippen molar-refractivity contribution in [1.29, 1.82) is 0 Å². The fourth-order valence-electron chi connectivity index (χ4n) is 3.53. The molecule has 0 spiro atoms. The molecule has 20 heavy (non-hydrogen) atoms. The summed E-state index contributed by atoms with van der Waals surface area (Å²) in [5, 5.41) is 3.31. The minimum absolute atomic E-state index is 0.00544. The van der Waals surface area contributed by atoms with E-state index in [1.807, 2.05) is 13.8 Å². The van der Waals surface area contributed by atoms with Crippen molar-refractivity contribution >= 4 is 5.78 Å². The van der Waals surface area contributed by atoms with Crippen LogP contribution in [-0.4, -0.2) is 42.8 Å². The van der Waals surface area contributed by atoms with Crippen molar-refractivity contribution in [2.24, 2.45) is 5.92 Å². The minimum atomic E-state index is -0.352. The first-order valence-electron chi connectivity index (χ1n) is 7.85. The molecule has 2 aliphatic heterocycles. The first-order valence-corrected chi connectivity index (χ1v) is 7.85. The minimum Gasteiger partial charge on any atom is -0.378 e. The average molecular weight is 283 g/mol. The third kappa shape index (κ3) is 4.03. The maximum absolute atomic E-state index is 12.4. The molecule has 0 aliphatic carbocycles. The van der Waals surface area contributed by atoms with Crippen LogP contribution in [0.2, 0.25) is 0 Å². The summed E-state index contributed by atoms with van der Waals surface area (Å²) in [6.07, 6.45) is 3.76. The van der Waals surface area contributed by atoms with Crippen LogP contribution in [0.3, 0.4) is 0 Å². The molecule has 0 bridgehead atoms. The topological polar surface area (TPSA) is 47.6 Å². The predicted molar refractivity (Wildman–Crippen MR) is 78.8 cm³/mol. The van der Waals surface area contributed by atoms with E-state index < -0.39 is 0 Å². The average Bonchev–Trinajstić information content (AvgIpc) is 2.58. The Labute approximate surface area is 122 Å². The Kier molecular flexibility index (Phi) is 4.88. The number of nitrogens with one attached hydrogen (secondary N) is 1. The molecular formula is C16H29NO3. The molecule has 2 rings (SSSR count). The summed E-state index contributed by atoms with van der Waals surface area (Å²) in [7, 11) is 0. The highest BCUT2D eigenvalue weighted by Crippen LogP contribution is 2.42. The number of carbonyl (C=O) groups excluding carboxylic acids is 1. The molecule has 2 aliphatic rings. The molecule has 0 aromatic heterocycles. The van der Waals surface area contributed by atoms with Crippen LogP contribution in [0.4, 0.5) is 0 Å². The van der Waals surface area contributed by atoms with Gasteiger partial charge >= 0.3 is 0 Å². The third-order valence-corrected chi connectivity index (χ3v) is 4.45. The molecule has 0 saturated carbocycles. The first-order chi connectivity index (χ1) is 9.30. The van der Waals surface area contributed by atoms with Crippen LogP contribution >= 0.6 is 0 Å². The molecular weight excluding hydrogens is 254 g/mol. The number of hydrogen-bond donors (Lipinski definition) is 1. The molecule has 116 valence electrons. The molecule has 1 unspecified atom stereocenters. The Bertz CT molecular complexity index is 346. The van der Waals surface area contributed by atoms with Crippen molar-refractivity contribution in [3.05, 3.63) is 0 Å². The normalized spacial score (nSPS) is 29.5. The maximum atomic E-state index is 12.4. The van der Waals surface area contributed by atoms with Crippen LogP contribution in [0.5, 0.6) is 0 Å². The van der Waals surface area contributed by atoms with Gasteiger partial charge in [0, 0.05) is 12.3 Å². The second-order valence-electron chi connectivity index (χ2n) is 7.26. The second-order valence-corrected chi connectivity index (χ2v) is 7.26. The lowest BCUT2D eigenvalue weighted by atomic mass is 9.83. The van der Waals surface area contributed by atoms with Crippen LogP contribution in [-0.2, 0) is 14.3 Å². The summed E-state index contributed by atoms with van der Waals surface area (Å²) in [4.78, 5) is 12.4. The van der Waals surface area contributed by atoms with Crippen molar-refractivity contribution in [3.63, 3.8) is 0 Å². The van der Waals surface area contributed by atoms with Crippen molar-refractivity contribution in [1.82, 2.24) is 5.32 Å². The molecule has 0 aromatic carbocycles. The zero-order chi connectivity index (χ0) is 14.8. The number of ketones is 1. The first kappa shape index (κ1) is 15.9. The predicted octanol–water partition coefficient (Wildman–Crippen LogP) is 2.31. The zero-order valence-electron chi connectivity index (χ0n) is 13.3. The van der Waals surface area contributed by atoms with E-state index in [2.05, 4.69) is 19.2 Å². The lowest BCUT2D eigenvalue weighted by molar-refractivity contribution is -0.131. The Balaban J connectivity index is 1.77. The van der Waals surface area contributed by atoms with Crippen molar-refractivity contribution in [2.45, 2.75) is 70.7 Å². The van der Waals surface area contributed by atoms with Gasteiger partial charge in [-0.05, 0) is 60.0 Å². The molecule has 0 aromatic rings.